The number of aliphatic hydroxyl groups excluding tert-OH is 1. The lowest BCUT2D eigenvalue weighted by Crippen LogP contribution is -2.30. The summed E-state index contributed by atoms with van der Waals surface area (Å²) in [5.41, 5.74) is 0.641. The third-order valence-corrected chi connectivity index (χ3v) is 5.21. The zero-order valence-corrected chi connectivity index (χ0v) is 15.3. The van der Waals surface area contributed by atoms with E-state index in [1.807, 2.05) is 19.1 Å². The summed E-state index contributed by atoms with van der Waals surface area (Å²) in [5.74, 6) is 0. The van der Waals surface area contributed by atoms with Crippen LogP contribution in [0.15, 0.2) is 53.4 Å². The highest BCUT2D eigenvalue weighted by Gasteiger charge is 2.31. The van der Waals surface area contributed by atoms with Gasteiger partial charge in [0.15, 0.2) is 0 Å². The molecule has 2 aromatic rings. The molecular weight excluding hydrogens is 383 g/mol. The predicted molar refractivity (Wildman–Crippen MR) is 93.6 cm³/mol. The molecule has 0 heterocycles. The van der Waals surface area contributed by atoms with Crippen LogP contribution in [0, 0.1) is 6.92 Å². The van der Waals surface area contributed by atoms with E-state index in [1.54, 1.807) is 12.1 Å². The maximum absolute atomic E-state index is 12.8. The zero-order chi connectivity index (χ0) is 20.1. The minimum atomic E-state index is -4.64. The van der Waals surface area contributed by atoms with Crippen LogP contribution in [0.1, 0.15) is 22.8 Å². The maximum Gasteiger partial charge on any atom is 0.416 e. The van der Waals surface area contributed by atoms with E-state index in [9.17, 15) is 21.6 Å². The van der Waals surface area contributed by atoms with Crippen molar-refractivity contribution >= 4 is 10.0 Å². The van der Waals surface area contributed by atoms with Crippen molar-refractivity contribution < 1.29 is 31.4 Å². The highest BCUT2D eigenvalue weighted by atomic mass is 32.2. The van der Waals surface area contributed by atoms with Gasteiger partial charge >= 0.3 is 6.18 Å². The lowest BCUT2D eigenvalue weighted by Gasteiger charge is -2.19. The summed E-state index contributed by atoms with van der Waals surface area (Å²) in [7, 11) is -4.17. The number of aliphatic hydroxyl groups is 1. The Morgan fingerprint density at radius 1 is 1.15 bits per heavy atom. The van der Waals surface area contributed by atoms with Crippen molar-refractivity contribution in [1.82, 2.24) is 4.72 Å². The third kappa shape index (κ3) is 6.03. The van der Waals surface area contributed by atoms with E-state index in [-0.39, 0.29) is 19.8 Å². The highest BCUT2D eigenvalue weighted by Crippen LogP contribution is 2.30. The minimum Gasteiger partial charge on any atom is -0.394 e. The number of hydrogen-bond acceptors (Lipinski definition) is 4. The molecule has 0 aliphatic carbocycles. The Hall–Kier alpha value is -1.94. The van der Waals surface area contributed by atoms with E-state index in [2.05, 4.69) is 4.72 Å². The van der Waals surface area contributed by atoms with Crippen molar-refractivity contribution in [2.45, 2.75) is 24.1 Å². The van der Waals surface area contributed by atoms with E-state index in [0.29, 0.717) is 11.6 Å². The Morgan fingerprint density at radius 2 is 1.81 bits per heavy atom. The third-order valence-electron chi connectivity index (χ3n) is 3.79. The van der Waals surface area contributed by atoms with E-state index in [1.165, 1.54) is 0 Å². The fraction of sp³-hybridized carbons (Fsp3) is 0.333. The first-order valence-electron chi connectivity index (χ1n) is 8.09. The molecule has 0 saturated heterocycles. The summed E-state index contributed by atoms with van der Waals surface area (Å²) in [4.78, 5) is -0.484. The Labute approximate surface area is 155 Å². The SMILES string of the molecule is Cc1ccc(C(CNS(=O)(=O)c2cccc(C(F)(F)F)c2)OCCO)cc1. The number of rotatable bonds is 8. The Balaban J connectivity index is 2.18. The first-order chi connectivity index (χ1) is 12.6. The monoisotopic (exact) mass is 403 g/mol. The summed E-state index contributed by atoms with van der Waals surface area (Å²) in [6, 6.07) is 10.7. The van der Waals surface area contributed by atoms with Crippen LogP contribution in [0.4, 0.5) is 13.2 Å². The predicted octanol–water partition coefficient (Wildman–Crippen LogP) is 3.04. The molecular formula is C18H20F3NO4S. The smallest absolute Gasteiger partial charge is 0.394 e. The Kier molecular flexibility index (Phi) is 6.99. The molecule has 0 amide bonds. The second-order valence-electron chi connectivity index (χ2n) is 5.87. The molecule has 5 nitrogen and oxygen atoms in total. The fourth-order valence-electron chi connectivity index (χ4n) is 2.36. The number of alkyl halides is 3. The van der Waals surface area contributed by atoms with Crippen molar-refractivity contribution in [2.75, 3.05) is 19.8 Å². The van der Waals surface area contributed by atoms with Gasteiger partial charge in [0.2, 0.25) is 10.0 Å². The summed E-state index contributed by atoms with van der Waals surface area (Å²) in [6.45, 7) is 1.44. The molecule has 0 aliphatic rings. The fourth-order valence-corrected chi connectivity index (χ4v) is 3.43. The molecule has 1 atom stereocenters. The molecule has 148 valence electrons. The van der Waals surface area contributed by atoms with Crippen LogP contribution in [0.25, 0.3) is 0 Å². The van der Waals surface area contributed by atoms with Gasteiger partial charge in [-0.3, -0.25) is 0 Å². The van der Waals surface area contributed by atoms with Crippen LogP contribution >= 0.6 is 0 Å². The standard InChI is InChI=1S/C18H20F3NO4S/c1-13-5-7-14(8-6-13)17(26-10-9-23)12-22-27(24,25)16-4-2-3-15(11-16)18(19,20)21/h2-8,11,17,22-23H,9-10,12H2,1H3. The normalized spacial score (nSPS) is 13.5. The molecule has 0 radical (unpaired) electrons. The summed E-state index contributed by atoms with van der Waals surface area (Å²) in [6.07, 6.45) is -5.33. The number of benzene rings is 2. The molecule has 2 N–H and O–H groups in total. The van der Waals surface area contributed by atoms with Gasteiger partial charge in [0.1, 0.15) is 0 Å². The quantitative estimate of drug-likeness (QED) is 0.711. The topological polar surface area (TPSA) is 75.6 Å². The van der Waals surface area contributed by atoms with Gasteiger partial charge in [-0.05, 0) is 30.7 Å². The van der Waals surface area contributed by atoms with Gasteiger partial charge < -0.3 is 9.84 Å². The highest BCUT2D eigenvalue weighted by molar-refractivity contribution is 7.89. The first kappa shape index (κ1) is 21.4. The van der Waals surface area contributed by atoms with Crippen LogP contribution in [-0.4, -0.2) is 33.3 Å². The van der Waals surface area contributed by atoms with E-state index in [0.717, 1.165) is 23.8 Å². The Morgan fingerprint density at radius 3 is 2.41 bits per heavy atom. The van der Waals surface area contributed by atoms with E-state index >= 15 is 0 Å². The average molecular weight is 403 g/mol. The largest absolute Gasteiger partial charge is 0.416 e. The van der Waals surface area contributed by atoms with Crippen molar-refractivity contribution in [3.63, 3.8) is 0 Å². The molecule has 1 unspecified atom stereocenters. The number of nitrogens with one attached hydrogen (secondary N) is 1. The summed E-state index contributed by atoms with van der Waals surface area (Å²) in [5, 5.41) is 8.95. The molecule has 2 aromatic carbocycles. The number of aryl methyl sites for hydroxylation is 1. The first-order valence-corrected chi connectivity index (χ1v) is 9.58. The van der Waals surface area contributed by atoms with Crippen LogP contribution in [0.2, 0.25) is 0 Å². The van der Waals surface area contributed by atoms with Crippen molar-refractivity contribution in [3.05, 3.63) is 65.2 Å². The second-order valence-corrected chi connectivity index (χ2v) is 7.64. The molecule has 0 fully saturated rings. The van der Waals surface area contributed by atoms with Crippen LogP contribution in [0.3, 0.4) is 0 Å². The van der Waals surface area contributed by atoms with Crippen molar-refractivity contribution in [1.29, 1.82) is 0 Å². The van der Waals surface area contributed by atoms with Crippen LogP contribution < -0.4 is 4.72 Å². The van der Waals surface area contributed by atoms with Crippen LogP contribution in [0.5, 0.6) is 0 Å². The maximum atomic E-state index is 12.8. The molecule has 0 saturated carbocycles. The number of ether oxygens (including phenoxy) is 1. The molecule has 0 spiro atoms. The number of hydrogen-bond donors (Lipinski definition) is 2. The summed E-state index contributed by atoms with van der Waals surface area (Å²) >= 11 is 0. The van der Waals surface area contributed by atoms with Gasteiger partial charge in [0.25, 0.3) is 0 Å². The molecule has 0 aliphatic heterocycles. The lowest BCUT2D eigenvalue weighted by atomic mass is 10.1. The minimum absolute atomic E-state index is 0.0101. The lowest BCUT2D eigenvalue weighted by molar-refractivity contribution is -0.137. The number of sulfonamides is 1. The summed E-state index contributed by atoms with van der Waals surface area (Å²) < 4.78 is 70.9. The van der Waals surface area contributed by atoms with Crippen molar-refractivity contribution in [3.8, 4) is 0 Å². The molecule has 2 rings (SSSR count). The second kappa shape index (κ2) is 8.83. The number of halogens is 3. The Bertz CT molecular complexity index is 852. The van der Waals surface area contributed by atoms with E-state index in [4.69, 9.17) is 9.84 Å². The van der Waals surface area contributed by atoms with Gasteiger partial charge in [0, 0.05) is 6.54 Å². The molecule has 0 bridgehead atoms. The average Bonchev–Trinajstić information content (AvgIpc) is 2.62. The van der Waals surface area contributed by atoms with E-state index < -0.39 is 32.8 Å². The molecule has 0 aromatic heterocycles. The van der Waals surface area contributed by atoms with Gasteiger partial charge in [-0.15, -0.1) is 0 Å². The van der Waals surface area contributed by atoms with Crippen molar-refractivity contribution in [2.24, 2.45) is 0 Å². The van der Waals surface area contributed by atoms with Gasteiger partial charge in [-0.1, -0.05) is 35.9 Å². The van der Waals surface area contributed by atoms with Gasteiger partial charge in [-0.2, -0.15) is 13.2 Å². The van der Waals surface area contributed by atoms with Gasteiger partial charge in [-0.25, -0.2) is 13.1 Å². The zero-order valence-electron chi connectivity index (χ0n) is 14.5. The van der Waals surface area contributed by atoms with Crippen LogP contribution in [-0.2, 0) is 20.9 Å². The van der Waals surface area contributed by atoms with Gasteiger partial charge in [0.05, 0.1) is 29.8 Å². The molecule has 27 heavy (non-hydrogen) atoms. The molecule has 9 heteroatoms.